The molecule has 0 aromatic carbocycles. The highest BCUT2D eigenvalue weighted by Gasteiger charge is 2.27. The van der Waals surface area contributed by atoms with Crippen LogP contribution in [0.2, 0.25) is 0 Å². The molecular formula is C16H21N5OS. The Labute approximate surface area is 140 Å². The molecule has 1 aliphatic heterocycles. The smallest absolute Gasteiger partial charge is 0.222 e. The second-order valence-corrected chi connectivity index (χ2v) is 7.04. The number of aromatic nitrogens is 3. The molecular weight excluding hydrogens is 310 g/mol. The molecule has 122 valence electrons. The normalized spacial score (nSPS) is 17.5. The number of anilines is 2. The number of likely N-dealkylation sites (tertiary alicyclic amines) is 1. The van der Waals surface area contributed by atoms with Crippen molar-refractivity contribution in [3.63, 3.8) is 0 Å². The molecule has 1 aliphatic rings. The Hall–Kier alpha value is -2.02. The zero-order valence-electron chi connectivity index (χ0n) is 13.7. The number of hydrogen-bond acceptors (Lipinski definition) is 6. The van der Waals surface area contributed by atoms with Crippen LogP contribution in [0.15, 0.2) is 12.3 Å². The molecule has 6 nitrogen and oxygen atoms in total. The Balaban J connectivity index is 1.77. The summed E-state index contributed by atoms with van der Waals surface area (Å²) in [6, 6.07) is 1.98. The van der Waals surface area contributed by atoms with Crippen LogP contribution >= 0.6 is 11.3 Å². The van der Waals surface area contributed by atoms with E-state index in [0.29, 0.717) is 6.42 Å². The van der Waals surface area contributed by atoms with Gasteiger partial charge in [0.2, 0.25) is 5.91 Å². The Morgan fingerprint density at radius 1 is 1.43 bits per heavy atom. The van der Waals surface area contributed by atoms with Crippen molar-refractivity contribution in [3.8, 4) is 0 Å². The maximum absolute atomic E-state index is 11.8. The number of nitrogens with one attached hydrogen (secondary N) is 1. The van der Waals surface area contributed by atoms with E-state index in [9.17, 15) is 4.79 Å². The third kappa shape index (κ3) is 3.67. The van der Waals surface area contributed by atoms with E-state index in [1.807, 2.05) is 37.9 Å². The zero-order valence-corrected chi connectivity index (χ0v) is 14.5. The molecule has 1 atom stereocenters. The van der Waals surface area contributed by atoms with Crippen molar-refractivity contribution in [2.75, 3.05) is 18.4 Å². The van der Waals surface area contributed by atoms with Gasteiger partial charge in [-0.15, -0.1) is 11.3 Å². The van der Waals surface area contributed by atoms with Gasteiger partial charge in [0.25, 0.3) is 0 Å². The summed E-state index contributed by atoms with van der Waals surface area (Å²) in [5.74, 6) is 2.00. The van der Waals surface area contributed by atoms with E-state index in [4.69, 9.17) is 0 Å². The van der Waals surface area contributed by atoms with Crippen molar-refractivity contribution < 1.29 is 4.79 Å². The molecule has 2 aromatic rings. The highest BCUT2D eigenvalue weighted by molar-refractivity contribution is 7.15. The van der Waals surface area contributed by atoms with Crippen LogP contribution in [-0.4, -0.2) is 38.8 Å². The van der Waals surface area contributed by atoms with Crippen molar-refractivity contribution in [1.82, 2.24) is 19.9 Å². The van der Waals surface area contributed by atoms with Gasteiger partial charge in [0.1, 0.15) is 11.6 Å². The molecule has 1 saturated heterocycles. The fourth-order valence-electron chi connectivity index (χ4n) is 2.84. The van der Waals surface area contributed by atoms with Crippen LogP contribution in [0.4, 0.5) is 10.9 Å². The molecule has 7 heteroatoms. The van der Waals surface area contributed by atoms with Gasteiger partial charge in [-0.25, -0.2) is 15.0 Å². The Kier molecular flexibility index (Phi) is 4.56. The molecule has 0 spiro atoms. The fraction of sp³-hybridized carbons (Fsp3) is 0.500. The molecule has 23 heavy (non-hydrogen) atoms. The number of carbonyl (C=O) groups is 1. The van der Waals surface area contributed by atoms with Crippen molar-refractivity contribution >= 4 is 28.2 Å². The van der Waals surface area contributed by atoms with E-state index >= 15 is 0 Å². The second kappa shape index (κ2) is 6.62. The van der Waals surface area contributed by atoms with Gasteiger partial charge >= 0.3 is 0 Å². The minimum atomic E-state index is 0.217. The van der Waals surface area contributed by atoms with E-state index < -0.39 is 0 Å². The highest BCUT2D eigenvalue weighted by Crippen LogP contribution is 2.28. The Morgan fingerprint density at radius 2 is 2.26 bits per heavy atom. The molecule has 1 fully saturated rings. The van der Waals surface area contributed by atoms with Crippen LogP contribution in [-0.2, 0) is 4.79 Å². The third-order valence-corrected chi connectivity index (χ3v) is 4.80. The summed E-state index contributed by atoms with van der Waals surface area (Å²) in [6.45, 7) is 7.39. The van der Waals surface area contributed by atoms with Gasteiger partial charge in [-0.1, -0.05) is 6.92 Å². The van der Waals surface area contributed by atoms with Crippen molar-refractivity contribution in [1.29, 1.82) is 0 Å². The topological polar surface area (TPSA) is 71.0 Å². The summed E-state index contributed by atoms with van der Waals surface area (Å²) >= 11 is 1.60. The summed E-state index contributed by atoms with van der Waals surface area (Å²) in [7, 11) is 0. The first kappa shape index (κ1) is 15.9. The number of hydrogen-bond donors (Lipinski definition) is 1. The fourth-order valence-corrected chi connectivity index (χ4v) is 3.51. The van der Waals surface area contributed by atoms with Crippen molar-refractivity contribution in [2.24, 2.45) is 0 Å². The number of nitrogens with zero attached hydrogens (tertiary/aromatic N) is 4. The molecule has 3 heterocycles. The monoisotopic (exact) mass is 331 g/mol. The summed E-state index contributed by atoms with van der Waals surface area (Å²) < 4.78 is 0. The van der Waals surface area contributed by atoms with E-state index in [1.54, 1.807) is 11.3 Å². The number of amides is 1. The number of rotatable bonds is 4. The molecule has 2 aromatic heterocycles. The average molecular weight is 331 g/mol. The maximum Gasteiger partial charge on any atom is 0.222 e. The first-order valence-corrected chi connectivity index (χ1v) is 8.69. The minimum Gasteiger partial charge on any atom is -0.342 e. The lowest BCUT2D eigenvalue weighted by molar-refractivity contribution is -0.129. The van der Waals surface area contributed by atoms with Crippen LogP contribution in [0.5, 0.6) is 0 Å². The second-order valence-electron chi connectivity index (χ2n) is 5.81. The molecule has 0 aliphatic carbocycles. The van der Waals surface area contributed by atoms with Crippen LogP contribution in [0.1, 0.15) is 42.1 Å². The summed E-state index contributed by atoms with van der Waals surface area (Å²) in [6.07, 6.45) is 3.36. The average Bonchev–Trinajstić information content (AvgIpc) is 3.15. The van der Waals surface area contributed by atoms with Gasteiger partial charge in [-0.3, -0.25) is 4.79 Å². The SMILES string of the molecule is CCC(=O)N1CCC(c2cc(Nc3ncc(C)s3)nc(C)n2)C1. The lowest BCUT2D eigenvalue weighted by Gasteiger charge is -2.16. The first-order chi connectivity index (χ1) is 11.0. The molecule has 1 unspecified atom stereocenters. The van der Waals surface area contributed by atoms with Crippen LogP contribution in [0.25, 0.3) is 0 Å². The van der Waals surface area contributed by atoms with Gasteiger partial charge in [-0.05, 0) is 20.3 Å². The third-order valence-electron chi connectivity index (χ3n) is 3.98. The summed E-state index contributed by atoms with van der Waals surface area (Å²) in [5, 5.41) is 4.08. The van der Waals surface area contributed by atoms with E-state index in [-0.39, 0.29) is 11.8 Å². The lowest BCUT2D eigenvalue weighted by Crippen LogP contribution is -2.27. The van der Waals surface area contributed by atoms with Crippen LogP contribution in [0.3, 0.4) is 0 Å². The van der Waals surface area contributed by atoms with Gasteiger partial charge < -0.3 is 10.2 Å². The van der Waals surface area contributed by atoms with Crippen LogP contribution < -0.4 is 5.32 Å². The number of aryl methyl sites for hydroxylation is 2. The van der Waals surface area contributed by atoms with E-state index in [1.165, 1.54) is 0 Å². The van der Waals surface area contributed by atoms with Crippen LogP contribution in [0, 0.1) is 13.8 Å². The minimum absolute atomic E-state index is 0.217. The Bertz CT molecular complexity index is 714. The van der Waals surface area contributed by atoms with E-state index in [0.717, 1.165) is 46.9 Å². The predicted octanol–water partition coefficient (Wildman–Crippen LogP) is 3.02. The summed E-state index contributed by atoms with van der Waals surface area (Å²) in [4.78, 5) is 28.3. The number of carbonyl (C=O) groups excluding carboxylic acids is 1. The molecule has 1 amide bonds. The summed E-state index contributed by atoms with van der Waals surface area (Å²) in [5.41, 5.74) is 1.000. The first-order valence-electron chi connectivity index (χ1n) is 7.88. The largest absolute Gasteiger partial charge is 0.342 e. The predicted molar refractivity (Wildman–Crippen MR) is 91.1 cm³/mol. The van der Waals surface area contributed by atoms with Crippen molar-refractivity contribution in [2.45, 2.75) is 39.5 Å². The molecule has 0 saturated carbocycles. The Morgan fingerprint density at radius 3 is 2.96 bits per heavy atom. The van der Waals surface area contributed by atoms with Gasteiger partial charge in [0, 0.05) is 42.6 Å². The molecule has 1 N–H and O–H groups in total. The molecule has 0 radical (unpaired) electrons. The number of thiazole rings is 1. The lowest BCUT2D eigenvalue weighted by atomic mass is 10.0. The zero-order chi connectivity index (χ0) is 16.4. The maximum atomic E-state index is 11.8. The van der Waals surface area contributed by atoms with Gasteiger partial charge in [-0.2, -0.15) is 0 Å². The quantitative estimate of drug-likeness (QED) is 0.932. The standard InChI is InChI=1S/C16H21N5OS/c1-4-15(22)21-6-5-12(9-21)13-7-14(19-11(3)18-13)20-16-17-8-10(2)23-16/h7-8,12H,4-6,9H2,1-3H3,(H,17,18,19,20). The highest BCUT2D eigenvalue weighted by atomic mass is 32.1. The van der Waals surface area contributed by atoms with Gasteiger partial charge in [0.05, 0.1) is 5.69 Å². The molecule has 0 bridgehead atoms. The van der Waals surface area contributed by atoms with Crippen molar-refractivity contribution in [3.05, 3.63) is 28.7 Å². The van der Waals surface area contributed by atoms with E-state index in [2.05, 4.69) is 20.3 Å². The molecule has 3 rings (SSSR count). The van der Waals surface area contributed by atoms with Gasteiger partial charge in [0.15, 0.2) is 5.13 Å².